The van der Waals surface area contributed by atoms with E-state index in [4.69, 9.17) is 0 Å². The van der Waals surface area contributed by atoms with Gasteiger partial charge in [0.25, 0.3) is 0 Å². The quantitative estimate of drug-likeness (QED) is 0.349. The Bertz CT molecular complexity index is 1420. The first-order valence-corrected chi connectivity index (χ1v) is 16.9. The fourth-order valence-corrected chi connectivity index (χ4v) is 8.31. The van der Waals surface area contributed by atoms with Crippen LogP contribution in [-0.2, 0) is 24.4 Å². The zero-order valence-corrected chi connectivity index (χ0v) is 25.1. The monoisotopic (exact) mass is 603 g/mol. The summed E-state index contributed by atoms with van der Waals surface area (Å²) < 4.78 is 27.4. The minimum absolute atomic E-state index is 0.0852. The molecule has 2 aliphatic heterocycles. The highest BCUT2D eigenvalue weighted by Crippen LogP contribution is 2.43. The van der Waals surface area contributed by atoms with Crippen LogP contribution >= 0.6 is 11.3 Å². The molecule has 222 valence electrons. The summed E-state index contributed by atoms with van der Waals surface area (Å²) in [5.74, 6) is -2.13. The maximum Gasteiger partial charge on any atom is 0.243 e. The smallest absolute Gasteiger partial charge is 0.243 e. The zero-order chi connectivity index (χ0) is 29.5. The van der Waals surface area contributed by atoms with E-state index in [0.29, 0.717) is 25.0 Å². The molecular formula is C28H37N5O6S2. The topological polar surface area (TPSA) is 155 Å². The molecule has 13 heteroatoms. The van der Waals surface area contributed by atoms with Gasteiger partial charge >= 0.3 is 0 Å². The van der Waals surface area contributed by atoms with E-state index in [1.807, 2.05) is 24.3 Å². The van der Waals surface area contributed by atoms with Crippen molar-refractivity contribution in [2.75, 3.05) is 19.3 Å². The fraction of sp³-hybridized carbons (Fsp3) is 0.607. The van der Waals surface area contributed by atoms with Crippen molar-refractivity contribution in [3.63, 3.8) is 0 Å². The molecule has 3 aliphatic rings. The molecule has 0 unspecified atom stereocenters. The number of carbonyl (C=O) groups is 4. The number of benzene rings is 1. The van der Waals surface area contributed by atoms with Gasteiger partial charge < -0.3 is 15.5 Å². The molecular weight excluding hydrogens is 566 g/mol. The van der Waals surface area contributed by atoms with Crippen molar-refractivity contribution < 1.29 is 27.6 Å². The van der Waals surface area contributed by atoms with Crippen molar-refractivity contribution in [3.05, 3.63) is 29.3 Å². The van der Waals surface area contributed by atoms with Crippen molar-refractivity contribution in [3.8, 4) is 0 Å². The van der Waals surface area contributed by atoms with Crippen LogP contribution in [0.5, 0.6) is 0 Å². The Hall–Kier alpha value is -2.90. The van der Waals surface area contributed by atoms with Gasteiger partial charge in [-0.3, -0.25) is 19.2 Å². The predicted molar refractivity (Wildman–Crippen MR) is 155 cm³/mol. The minimum Gasteiger partial charge on any atom is -0.356 e. The number of hydrogen-bond donors (Lipinski definition) is 3. The van der Waals surface area contributed by atoms with Crippen LogP contribution in [0.3, 0.4) is 0 Å². The number of hydrogen-bond acceptors (Lipinski definition) is 8. The number of sulfonamides is 1. The minimum atomic E-state index is -3.68. The first-order chi connectivity index (χ1) is 19.4. The molecule has 0 radical (unpaired) electrons. The molecule has 11 nitrogen and oxygen atoms in total. The van der Waals surface area contributed by atoms with Gasteiger partial charge in [-0.2, -0.15) is 0 Å². The summed E-state index contributed by atoms with van der Waals surface area (Å²) in [7, 11) is -3.68. The van der Waals surface area contributed by atoms with Gasteiger partial charge in [0, 0.05) is 19.0 Å². The highest BCUT2D eigenvalue weighted by atomic mass is 32.2. The van der Waals surface area contributed by atoms with Crippen molar-refractivity contribution in [1.29, 1.82) is 0 Å². The summed E-state index contributed by atoms with van der Waals surface area (Å²) in [5.41, 5.74) is 0.684. The highest BCUT2D eigenvalue weighted by molar-refractivity contribution is 7.88. The van der Waals surface area contributed by atoms with Crippen LogP contribution in [0.15, 0.2) is 24.3 Å². The summed E-state index contributed by atoms with van der Waals surface area (Å²) >= 11 is 1.24. The number of rotatable bonds is 10. The van der Waals surface area contributed by atoms with E-state index in [1.165, 1.54) is 16.2 Å². The van der Waals surface area contributed by atoms with Gasteiger partial charge in [-0.1, -0.05) is 32.4 Å². The van der Waals surface area contributed by atoms with Gasteiger partial charge in [-0.25, -0.2) is 18.1 Å². The second-order valence-electron chi connectivity index (χ2n) is 11.8. The molecule has 1 aromatic heterocycles. The molecule has 5 rings (SSSR count). The lowest BCUT2D eigenvalue weighted by atomic mass is 9.91. The molecule has 0 bridgehead atoms. The van der Waals surface area contributed by atoms with Crippen LogP contribution in [0, 0.1) is 23.7 Å². The number of nitrogens with zero attached hydrogens (tertiary/aromatic N) is 2. The second kappa shape index (κ2) is 11.8. The summed E-state index contributed by atoms with van der Waals surface area (Å²) in [6.45, 7) is 4.38. The van der Waals surface area contributed by atoms with E-state index in [0.717, 1.165) is 30.2 Å². The number of amides is 3. The number of thiazole rings is 1. The highest BCUT2D eigenvalue weighted by Gasteiger charge is 2.51. The van der Waals surface area contributed by atoms with Gasteiger partial charge in [0.15, 0.2) is 5.01 Å². The summed E-state index contributed by atoms with van der Waals surface area (Å²) in [6.07, 6.45) is 4.28. The number of likely N-dealkylation sites (tertiary alicyclic amines) is 1. The molecule has 3 fully saturated rings. The average Bonchev–Trinajstić information content (AvgIpc) is 3.69. The van der Waals surface area contributed by atoms with Gasteiger partial charge in [-0.05, 0) is 55.6 Å². The third kappa shape index (κ3) is 6.31. The van der Waals surface area contributed by atoms with E-state index in [9.17, 15) is 27.6 Å². The SMILES string of the molecule is CC(C)[C@H](NS(C)(=O)=O)C(=O)N1C[C@@H]2CCC[C@@H]2[C@H]1C(=O)N[C@@H](C[C@@H]1CCNC1=O)C(=O)c1nc2ccccc2s1. The number of ketones is 1. The van der Waals surface area contributed by atoms with Crippen molar-refractivity contribution in [2.45, 2.75) is 64.1 Å². The fourth-order valence-electron chi connectivity index (χ4n) is 6.52. The van der Waals surface area contributed by atoms with Gasteiger partial charge in [0.2, 0.25) is 33.5 Å². The van der Waals surface area contributed by atoms with Crippen LogP contribution in [0.4, 0.5) is 0 Å². The molecule has 3 N–H and O–H groups in total. The summed E-state index contributed by atoms with van der Waals surface area (Å²) in [5, 5.41) is 5.98. The molecule has 1 aromatic carbocycles. The largest absolute Gasteiger partial charge is 0.356 e. The number of carbonyl (C=O) groups excluding carboxylic acids is 4. The van der Waals surface area contributed by atoms with Gasteiger partial charge in [-0.15, -0.1) is 11.3 Å². The molecule has 1 aliphatic carbocycles. The zero-order valence-electron chi connectivity index (χ0n) is 23.5. The number of aromatic nitrogens is 1. The van der Waals surface area contributed by atoms with Crippen LogP contribution in [0.25, 0.3) is 10.2 Å². The van der Waals surface area contributed by atoms with E-state index in [1.54, 1.807) is 13.8 Å². The summed E-state index contributed by atoms with van der Waals surface area (Å²) in [4.78, 5) is 60.0. The molecule has 41 heavy (non-hydrogen) atoms. The van der Waals surface area contributed by atoms with Crippen LogP contribution in [-0.4, -0.2) is 79.3 Å². The number of fused-ring (bicyclic) bond motifs is 2. The molecule has 6 atom stereocenters. The molecule has 3 amide bonds. The molecule has 1 saturated carbocycles. The first kappa shape index (κ1) is 29.6. The standard InChI is InChI=1S/C28H37N5O6S2/c1-15(2)22(32-41(3,38)39)28(37)33-14-17-7-6-8-18(17)23(33)26(36)30-20(13-16-11-12-29-25(16)35)24(34)27-31-19-9-4-5-10-21(19)40-27/h4-5,9-10,15-18,20,22-23,32H,6-8,11-14H2,1-3H3,(H,29,35)(H,30,36)/t16-,17-,18-,20-,22-,23-/m0/s1. The Morgan fingerprint density at radius 1 is 1.17 bits per heavy atom. The van der Waals surface area contributed by atoms with Crippen LogP contribution in [0.1, 0.15) is 55.8 Å². The molecule has 2 saturated heterocycles. The lowest BCUT2D eigenvalue weighted by Gasteiger charge is -2.32. The van der Waals surface area contributed by atoms with E-state index in [2.05, 4.69) is 20.3 Å². The normalized spacial score (nSPS) is 25.8. The maximum atomic E-state index is 14.0. The maximum absolute atomic E-state index is 14.0. The van der Waals surface area contributed by atoms with Crippen molar-refractivity contribution in [2.24, 2.45) is 23.7 Å². The lowest BCUT2D eigenvalue weighted by Crippen LogP contribution is -2.57. The second-order valence-corrected chi connectivity index (χ2v) is 14.6. The van der Waals surface area contributed by atoms with Gasteiger partial charge in [0.05, 0.1) is 22.5 Å². The lowest BCUT2D eigenvalue weighted by molar-refractivity contribution is -0.141. The Morgan fingerprint density at radius 2 is 1.93 bits per heavy atom. The van der Waals surface area contributed by atoms with E-state index in [-0.39, 0.29) is 40.9 Å². The molecule has 3 heterocycles. The third-order valence-corrected chi connectivity index (χ3v) is 10.3. The van der Waals surface area contributed by atoms with Crippen molar-refractivity contribution >= 4 is 55.1 Å². The molecule has 0 spiro atoms. The predicted octanol–water partition coefficient (Wildman–Crippen LogP) is 1.69. The number of para-hydroxylation sites is 1. The Kier molecular flexibility index (Phi) is 8.49. The average molecular weight is 604 g/mol. The van der Waals surface area contributed by atoms with E-state index < -0.39 is 45.9 Å². The Morgan fingerprint density at radius 3 is 2.59 bits per heavy atom. The Balaban J connectivity index is 1.43. The third-order valence-electron chi connectivity index (χ3n) is 8.54. The summed E-state index contributed by atoms with van der Waals surface area (Å²) in [6, 6.07) is 4.55. The van der Waals surface area contributed by atoms with Gasteiger partial charge in [0.1, 0.15) is 12.1 Å². The Labute approximate surface area is 243 Å². The molecule has 2 aromatic rings. The first-order valence-electron chi connectivity index (χ1n) is 14.2. The van der Waals surface area contributed by atoms with Crippen molar-refractivity contribution in [1.82, 2.24) is 25.2 Å². The van der Waals surface area contributed by atoms with E-state index >= 15 is 0 Å². The van der Waals surface area contributed by atoms with Crippen LogP contribution < -0.4 is 15.4 Å². The van der Waals surface area contributed by atoms with Crippen LogP contribution in [0.2, 0.25) is 0 Å². The number of Topliss-reactive ketones (excluding diaryl/α,β-unsaturated/α-hetero) is 1. The number of nitrogens with one attached hydrogen (secondary N) is 3.